The van der Waals surface area contributed by atoms with Gasteiger partial charge in [-0.3, -0.25) is 19.3 Å². The van der Waals surface area contributed by atoms with Crippen LogP contribution in [0, 0.1) is 0 Å². The fourth-order valence-electron chi connectivity index (χ4n) is 2.52. The van der Waals surface area contributed by atoms with Crippen molar-refractivity contribution >= 4 is 57.7 Å². The Bertz CT molecular complexity index is 683. The van der Waals surface area contributed by atoms with Crippen molar-refractivity contribution in [1.82, 2.24) is 9.80 Å². The van der Waals surface area contributed by atoms with Crippen LogP contribution in [0.25, 0.3) is 0 Å². The van der Waals surface area contributed by atoms with Crippen molar-refractivity contribution in [2.45, 2.75) is 19.3 Å². The smallest absolute Gasteiger partial charge is 0.323 e. The molecule has 0 aromatic rings. The zero-order chi connectivity index (χ0) is 16.0. The van der Waals surface area contributed by atoms with Crippen molar-refractivity contribution in [3.8, 4) is 0 Å². The van der Waals surface area contributed by atoms with Gasteiger partial charge in [0.05, 0.1) is 9.93 Å². The summed E-state index contributed by atoms with van der Waals surface area (Å²) in [6, 6.07) is 0. The van der Waals surface area contributed by atoms with Gasteiger partial charge in [0.2, 0.25) is 0 Å². The topological polar surface area (TPSA) is 77.9 Å². The number of carboxylic acids is 1. The number of carbonyl (C=O) groups excluding carboxylic acids is 2. The van der Waals surface area contributed by atoms with Gasteiger partial charge in [-0.05, 0) is 12.8 Å². The molecule has 0 saturated carbocycles. The molecule has 0 spiro atoms. The highest BCUT2D eigenvalue weighted by atomic mass is 32.2. The molecule has 1 N–H and O–H groups in total. The number of thioether (sulfide) groups is 2. The first-order chi connectivity index (χ1) is 10.4. The molecule has 0 unspecified atom stereocenters. The Hall–Kier alpha value is -1.32. The number of nitrogens with zero attached hydrogens (tertiary/aromatic N) is 2. The first-order valence-corrected chi connectivity index (χ1v) is 8.62. The molecule has 6 nitrogen and oxygen atoms in total. The number of amides is 1. The van der Waals surface area contributed by atoms with E-state index in [0.29, 0.717) is 21.3 Å². The number of carboxylic acid groups (broad SMARTS) is 1. The van der Waals surface area contributed by atoms with E-state index < -0.39 is 18.4 Å². The van der Waals surface area contributed by atoms with Gasteiger partial charge in [0.15, 0.2) is 5.78 Å². The van der Waals surface area contributed by atoms with Crippen LogP contribution in [0.15, 0.2) is 20.5 Å². The van der Waals surface area contributed by atoms with Crippen LogP contribution in [0.2, 0.25) is 0 Å². The Morgan fingerprint density at radius 2 is 2.00 bits per heavy atom. The van der Waals surface area contributed by atoms with Crippen LogP contribution in [0.3, 0.4) is 0 Å². The lowest BCUT2D eigenvalue weighted by molar-refractivity contribution is -0.140. The molecule has 0 aromatic carbocycles. The molecular formula is C13H12N2O4S3. The highest BCUT2D eigenvalue weighted by Gasteiger charge is 2.41. The molecule has 1 amide bonds. The van der Waals surface area contributed by atoms with Gasteiger partial charge in [-0.2, -0.15) is 0 Å². The maximum absolute atomic E-state index is 12.4. The highest BCUT2D eigenvalue weighted by molar-refractivity contribution is 8.27. The quantitative estimate of drug-likeness (QED) is 0.592. The van der Waals surface area contributed by atoms with Gasteiger partial charge >= 0.3 is 5.97 Å². The lowest BCUT2D eigenvalue weighted by Crippen LogP contribution is -2.33. The summed E-state index contributed by atoms with van der Waals surface area (Å²) in [6.07, 6.45) is 2.16. The molecule has 9 heteroatoms. The van der Waals surface area contributed by atoms with Gasteiger partial charge in [0.1, 0.15) is 15.8 Å². The van der Waals surface area contributed by atoms with Crippen LogP contribution in [0.1, 0.15) is 19.3 Å². The minimum absolute atomic E-state index is 0.106. The summed E-state index contributed by atoms with van der Waals surface area (Å²) in [5, 5.41) is 9.54. The Morgan fingerprint density at radius 3 is 2.64 bits per heavy atom. The first kappa shape index (κ1) is 15.6. The number of allylic oxidation sites excluding steroid dienone is 2. The van der Waals surface area contributed by atoms with E-state index in [1.54, 1.807) is 0 Å². The summed E-state index contributed by atoms with van der Waals surface area (Å²) in [5.74, 6) is -1.41. The average Bonchev–Trinajstić information content (AvgIpc) is 2.92. The molecule has 0 atom stereocenters. The second-order valence-corrected chi connectivity index (χ2v) is 7.64. The summed E-state index contributed by atoms with van der Waals surface area (Å²) < 4.78 is 0.236. The van der Waals surface area contributed by atoms with E-state index in [1.807, 2.05) is 11.9 Å². The molecular weight excluding hydrogens is 344 g/mol. The van der Waals surface area contributed by atoms with Crippen LogP contribution in [0.5, 0.6) is 0 Å². The molecule has 0 bridgehead atoms. The minimum Gasteiger partial charge on any atom is -0.480 e. The molecule has 0 radical (unpaired) electrons. The minimum atomic E-state index is -1.11. The number of rotatable bonds is 2. The average molecular weight is 356 g/mol. The summed E-state index contributed by atoms with van der Waals surface area (Å²) in [6.45, 7) is -0.443. The summed E-state index contributed by atoms with van der Waals surface area (Å²) in [5.41, 5.74) is 0.944. The number of hydrogen-bond donors (Lipinski definition) is 1. The predicted octanol–water partition coefficient (Wildman–Crippen LogP) is 1.74. The standard InChI is InChI=1S/C13H12N2O4S3/c1-14-6-3-2-4-7(16)9(6)21-12(14)10-11(19)15(5-8(17)18)13(20)22-10/h2-5H2,1H3,(H,17,18). The Kier molecular flexibility index (Phi) is 4.04. The molecule has 1 aliphatic carbocycles. The number of ketones is 1. The van der Waals surface area contributed by atoms with E-state index in [0.717, 1.165) is 35.2 Å². The maximum Gasteiger partial charge on any atom is 0.323 e. The van der Waals surface area contributed by atoms with E-state index in [4.69, 9.17) is 17.3 Å². The number of hydrogen-bond acceptors (Lipinski definition) is 7. The van der Waals surface area contributed by atoms with Crippen LogP contribution in [-0.2, 0) is 14.4 Å². The van der Waals surface area contributed by atoms with Crippen LogP contribution >= 0.6 is 35.7 Å². The summed E-state index contributed by atoms with van der Waals surface area (Å²) in [4.78, 5) is 39.3. The Labute approximate surface area is 140 Å². The third kappa shape index (κ3) is 2.46. The number of Topliss-reactive ketones (excluding diaryl/α,β-unsaturated/α-hetero) is 1. The van der Waals surface area contributed by atoms with Gasteiger partial charge in [-0.25, -0.2) is 0 Å². The molecule has 2 heterocycles. The Morgan fingerprint density at radius 1 is 1.27 bits per heavy atom. The first-order valence-electron chi connectivity index (χ1n) is 6.58. The second-order valence-electron chi connectivity index (χ2n) is 5.00. The molecule has 0 aromatic heterocycles. The molecule has 3 rings (SSSR count). The molecule has 22 heavy (non-hydrogen) atoms. The van der Waals surface area contributed by atoms with E-state index in [-0.39, 0.29) is 10.1 Å². The van der Waals surface area contributed by atoms with Crippen molar-refractivity contribution in [3.05, 3.63) is 20.5 Å². The van der Waals surface area contributed by atoms with Crippen molar-refractivity contribution in [3.63, 3.8) is 0 Å². The largest absolute Gasteiger partial charge is 0.480 e. The van der Waals surface area contributed by atoms with Gasteiger partial charge in [0.25, 0.3) is 5.91 Å². The van der Waals surface area contributed by atoms with E-state index in [2.05, 4.69) is 0 Å². The number of carbonyl (C=O) groups is 3. The fourth-order valence-corrected chi connectivity index (χ4v) is 5.22. The number of aliphatic carboxylic acids is 1. The number of thiocarbonyl (C=S) groups is 1. The lowest BCUT2D eigenvalue weighted by atomic mass is 10.0. The van der Waals surface area contributed by atoms with Gasteiger partial charge < -0.3 is 10.0 Å². The van der Waals surface area contributed by atoms with Crippen molar-refractivity contribution in [2.75, 3.05) is 13.6 Å². The van der Waals surface area contributed by atoms with Gasteiger partial charge in [-0.1, -0.05) is 35.7 Å². The maximum atomic E-state index is 12.4. The van der Waals surface area contributed by atoms with Crippen molar-refractivity contribution in [1.29, 1.82) is 0 Å². The summed E-state index contributed by atoms with van der Waals surface area (Å²) in [7, 11) is 1.83. The fraction of sp³-hybridized carbons (Fsp3) is 0.385. The highest BCUT2D eigenvalue weighted by Crippen LogP contribution is 2.49. The van der Waals surface area contributed by atoms with Gasteiger partial charge in [0, 0.05) is 19.2 Å². The van der Waals surface area contributed by atoms with Gasteiger partial charge in [-0.15, -0.1) is 0 Å². The summed E-state index contributed by atoms with van der Waals surface area (Å²) >= 11 is 7.49. The normalized spacial score (nSPS) is 25.4. The van der Waals surface area contributed by atoms with E-state index >= 15 is 0 Å². The van der Waals surface area contributed by atoms with Crippen LogP contribution < -0.4 is 0 Å². The lowest BCUT2D eigenvalue weighted by Gasteiger charge is -2.20. The SMILES string of the molecule is CN1C2=C(SC1=C1SC(=S)N(CC(=O)O)C1=O)C(=O)CCC2. The zero-order valence-electron chi connectivity index (χ0n) is 11.6. The van der Waals surface area contributed by atoms with Crippen molar-refractivity contribution < 1.29 is 19.5 Å². The molecule has 116 valence electrons. The van der Waals surface area contributed by atoms with Crippen LogP contribution in [0.4, 0.5) is 0 Å². The molecule has 1 fully saturated rings. The third-order valence-electron chi connectivity index (χ3n) is 3.58. The zero-order valence-corrected chi connectivity index (χ0v) is 14.1. The Balaban J connectivity index is 1.93. The third-order valence-corrected chi connectivity index (χ3v) is 6.48. The van der Waals surface area contributed by atoms with Crippen LogP contribution in [-0.4, -0.2) is 50.5 Å². The molecule has 1 saturated heterocycles. The van der Waals surface area contributed by atoms with E-state index in [9.17, 15) is 14.4 Å². The molecule has 3 aliphatic rings. The monoisotopic (exact) mass is 356 g/mol. The molecule has 2 aliphatic heterocycles. The predicted molar refractivity (Wildman–Crippen MR) is 87.8 cm³/mol. The van der Waals surface area contributed by atoms with Crippen molar-refractivity contribution in [2.24, 2.45) is 0 Å². The second kappa shape index (κ2) is 5.71. The van der Waals surface area contributed by atoms with E-state index in [1.165, 1.54) is 11.8 Å².